The summed E-state index contributed by atoms with van der Waals surface area (Å²) in [5.41, 5.74) is 2.27. The summed E-state index contributed by atoms with van der Waals surface area (Å²) in [6, 6.07) is 12.0. The highest BCUT2D eigenvalue weighted by Gasteiger charge is 2.19. The number of hydrogen-bond donors (Lipinski definition) is 2. The quantitative estimate of drug-likeness (QED) is 0.460. The molecule has 4 aromatic rings. The molecule has 7 nitrogen and oxygen atoms in total. The van der Waals surface area contributed by atoms with Gasteiger partial charge in [-0.15, -0.1) is 0 Å². The van der Waals surface area contributed by atoms with E-state index in [0.29, 0.717) is 21.9 Å². The van der Waals surface area contributed by atoms with E-state index in [1.165, 1.54) is 6.20 Å². The molecule has 0 fully saturated rings. The SMILES string of the molecule is CC(C)COC(=O)c1c[nH]c2c(=O)[nH]c3ccc(-c4cccc(S(C)(=O)=O)c4)cc3c12. The Morgan fingerprint density at radius 2 is 1.84 bits per heavy atom. The molecule has 31 heavy (non-hydrogen) atoms. The number of nitrogens with one attached hydrogen (secondary N) is 2. The number of hydrogen-bond acceptors (Lipinski definition) is 5. The maximum atomic E-state index is 12.7. The number of fused-ring (bicyclic) bond motifs is 3. The smallest absolute Gasteiger partial charge is 0.340 e. The van der Waals surface area contributed by atoms with Crippen molar-refractivity contribution in [2.24, 2.45) is 5.92 Å². The Hall–Kier alpha value is -3.39. The van der Waals surface area contributed by atoms with Gasteiger partial charge in [0.25, 0.3) is 5.56 Å². The number of esters is 1. The first-order valence-electron chi connectivity index (χ1n) is 9.80. The van der Waals surface area contributed by atoms with Crippen molar-refractivity contribution in [3.8, 4) is 11.1 Å². The Kier molecular flexibility index (Phi) is 5.18. The summed E-state index contributed by atoms with van der Waals surface area (Å²) in [5, 5.41) is 1.14. The lowest BCUT2D eigenvalue weighted by Crippen LogP contribution is -2.11. The molecule has 0 amide bonds. The van der Waals surface area contributed by atoms with Crippen LogP contribution in [0.15, 0.2) is 58.4 Å². The molecule has 0 saturated heterocycles. The van der Waals surface area contributed by atoms with Crippen LogP contribution in [-0.2, 0) is 14.6 Å². The molecule has 8 heteroatoms. The average molecular weight is 439 g/mol. The lowest BCUT2D eigenvalue weighted by molar-refractivity contribution is 0.0461. The Morgan fingerprint density at radius 3 is 2.55 bits per heavy atom. The molecule has 0 saturated carbocycles. The van der Waals surface area contributed by atoms with Gasteiger partial charge in [-0.05, 0) is 41.3 Å². The van der Waals surface area contributed by atoms with Crippen LogP contribution in [0.25, 0.3) is 32.9 Å². The first kappa shape index (κ1) is 20.9. The highest BCUT2D eigenvalue weighted by Crippen LogP contribution is 2.30. The van der Waals surface area contributed by atoms with E-state index in [9.17, 15) is 18.0 Å². The standard InChI is InChI=1S/C23H22N2O5S/c1-13(2)12-30-23(27)18-11-24-21-20(18)17-10-15(7-8-19(17)25-22(21)26)14-5-4-6-16(9-14)31(3,28)29/h4-11,13,24H,12H2,1-3H3,(H,25,26). The van der Waals surface area contributed by atoms with Crippen molar-refractivity contribution in [1.82, 2.24) is 9.97 Å². The van der Waals surface area contributed by atoms with Gasteiger partial charge in [-0.2, -0.15) is 0 Å². The van der Waals surface area contributed by atoms with Gasteiger partial charge >= 0.3 is 5.97 Å². The molecule has 0 unspecified atom stereocenters. The number of benzene rings is 2. The minimum Gasteiger partial charge on any atom is -0.462 e. The molecule has 160 valence electrons. The fraction of sp³-hybridized carbons (Fsp3) is 0.217. The van der Waals surface area contributed by atoms with E-state index in [2.05, 4.69) is 9.97 Å². The molecule has 0 aliphatic rings. The van der Waals surface area contributed by atoms with Gasteiger partial charge in [-0.3, -0.25) is 4.79 Å². The van der Waals surface area contributed by atoms with Crippen molar-refractivity contribution in [1.29, 1.82) is 0 Å². The van der Waals surface area contributed by atoms with Crippen molar-refractivity contribution in [2.45, 2.75) is 18.7 Å². The van der Waals surface area contributed by atoms with E-state index >= 15 is 0 Å². The summed E-state index contributed by atoms with van der Waals surface area (Å²) in [4.78, 5) is 31.1. The van der Waals surface area contributed by atoms with Crippen molar-refractivity contribution < 1.29 is 17.9 Å². The molecule has 0 aliphatic carbocycles. The molecule has 0 radical (unpaired) electrons. The van der Waals surface area contributed by atoms with Crippen LogP contribution in [0.3, 0.4) is 0 Å². The van der Waals surface area contributed by atoms with Gasteiger partial charge in [0, 0.05) is 28.7 Å². The highest BCUT2D eigenvalue weighted by molar-refractivity contribution is 7.90. The molecule has 2 N–H and O–H groups in total. The number of carbonyl (C=O) groups is 1. The minimum atomic E-state index is -3.35. The predicted molar refractivity (Wildman–Crippen MR) is 120 cm³/mol. The van der Waals surface area contributed by atoms with Gasteiger partial charge < -0.3 is 14.7 Å². The number of sulfone groups is 1. The summed E-state index contributed by atoms with van der Waals surface area (Å²) >= 11 is 0. The van der Waals surface area contributed by atoms with Gasteiger partial charge in [0.15, 0.2) is 9.84 Å². The van der Waals surface area contributed by atoms with Crippen LogP contribution in [0.1, 0.15) is 24.2 Å². The second-order valence-electron chi connectivity index (χ2n) is 7.96. The lowest BCUT2D eigenvalue weighted by Gasteiger charge is -2.09. The fourth-order valence-corrected chi connectivity index (χ4v) is 4.16. The molecule has 2 aromatic heterocycles. The largest absolute Gasteiger partial charge is 0.462 e. The number of aromatic amines is 2. The van der Waals surface area contributed by atoms with Gasteiger partial charge in [-0.25, -0.2) is 13.2 Å². The number of pyridine rings is 1. The van der Waals surface area contributed by atoms with Crippen molar-refractivity contribution in [3.05, 3.63) is 64.6 Å². The van der Waals surface area contributed by atoms with E-state index in [1.54, 1.807) is 30.3 Å². The van der Waals surface area contributed by atoms with Gasteiger partial charge in [0.1, 0.15) is 5.52 Å². The number of H-pyrrole nitrogens is 2. The summed E-state index contributed by atoms with van der Waals surface area (Å²) in [6.45, 7) is 4.16. The van der Waals surface area contributed by atoms with Crippen molar-refractivity contribution in [3.63, 3.8) is 0 Å². The van der Waals surface area contributed by atoms with E-state index in [-0.39, 0.29) is 34.1 Å². The zero-order chi connectivity index (χ0) is 22.3. The first-order chi connectivity index (χ1) is 14.6. The molecule has 4 rings (SSSR count). The molecule has 0 atom stereocenters. The summed E-state index contributed by atoms with van der Waals surface area (Å²) < 4.78 is 29.3. The number of carbonyl (C=O) groups excluding carboxylic acids is 1. The molecule has 2 heterocycles. The van der Waals surface area contributed by atoms with E-state index in [4.69, 9.17) is 4.74 Å². The van der Waals surface area contributed by atoms with Crippen LogP contribution in [0, 0.1) is 5.92 Å². The Labute approximate surface area is 179 Å². The second-order valence-corrected chi connectivity index (χ2v) is 9.97. The molecular weight excluding hydrogens is 416 g/mol. The number of aromatic nitrogens is 2. The third-order valence-electron chi connectivity index (χ3n) is 5.01. The molecule has 0 aliphatic heterocycles. The number of ether oxygens (including phenoxy) is 1. The van der Waals surface area contributed by atoms with E-state index in [1.807, 2.05) is 26.0 Å². The van der Waals surface area contributed by atoms with Crippen LogP contribution < -0.4 is 5.56 Å². The zero-order valence-electron chi connectivity index (χ0n) is 17.4. The molecule has 0 bridgehead atoms. The summed E-state index contributed by atoms with van der Waals surface area (Å²) in [7, 11) is -3.35. The summed E-state index contributed by atoms with van der Waals surface area (Å²) in [5.74, 6) is -0.320. The van der Waals surface area contributed by atoms with Crippen LogP contribution in [0.5, 0.6) is 0 Å². The maximum absolute atomic E-state index is 12.7. The maximum Gasteiger partial charge on any atom is 0.340 e. The topological polar surface area (TPSA) is 109 Å². The van der Waals surface area contributed by atoms with Crippen molar-refractivity contribution in [2.75, 3.05) is 12.9 Å². The lowest BCUT2D eigenvalue weighted by atomic mass is 10.0. The fourth-order valence-electron chi connectivity index (χ4n) is 3.49. The highest BCUT2D eigenvalue weighted by atomic mass is 32.2. The molecule has 0 spiro atoms. The van der Waals surface area contributed by atoms with Gasteiger partial charge in [0.05, 0.1) is 17.1 Å². The van der Waals surface area contributed by atoms with E-state index < -0.39 is 15.8 Å². The van der Waals surface area contributed by atoms with Crippen LogP contribution >= 0.6 is 0 Å². The van der Waals surface area contributed by atoms with Gasteiger partial charge in [-0.1, -0.05) is 32.0 Å². The minimum absolute atomic E-state index is 0.183. The van der Waals surface area contributed by atoms with E-state index in [0.717, 1.165) is 11.8 Å². The second kappa shape index (κ2) is 7.70. The van der Waals surface area contributed by atoms with Crippen LogP contribution in [0.4, 0.5) is 0 Å². The van der Waals surface area contributed by atoms with Gasteiger partial charge in [0.2, 0.25) is 0 Å². The third kappa shape index (κ3) is 3.98. The number of rotatable bonds is 5. The van der Waals surface area contributed by atoms with Crippen molar-refractivity contribution >= 4 is 37.6 Å². The summed E-state index contributed by atoms with van der Waals surface area (Å²) in [6.07, 6.45) is 2.65. The molecule has 2 aromatic carbocycles. The Bertz CT molecular complexity index is 1480. The molecular formula is C23H22N2O5S. The Morgan fingerprint density at radius 1 is 1.10 bits per heavy atom. The normalized spacial score (nSPS) is 12.0. The van der Waals surface area contributed by atoms with Crippen LogP contribution in [0.2, 0.25) is 0 Å². The van der Waals surface area contributed by atoms with Crippen LogP contribution in [-0.4, -0.2) is 37.2 Å². The monoisotopic (exact) mass is 438 g/mol. The predicted octanol–water partition coefficient (Wildman–Crippen LogP) is 3.89. The first-order valence-corrected chi connectivity index (χ1v) is 11.7. The third-order valence-corrected chi connectivity index (χ3v) is 6.12. The Balaban J connectivity index is 1.92. The average Bonchev–Trinajstić information content (AvgIpc) is 3.17. The zero-order valence-corrected chi connectivity index (χ0v) is 18.2.